The molecule has 9 aromatic carbocycles. The lowest BCUT2D eigenvalue weighted by molar-refractivity contribution is 0.653. The maximum absolute atomic E-state index is 6.51. The van der Waals surface area contributed by atoms with Gasteiger partial charge in [0.25, 0.3) is 0 Å². The van der Waals surface area contributed by atoms with E-state index in [1.54, 1.807) is 0 Å². The highest BCUT2D eigenvalue weighted by Gasteiger charge is 2.36. The molecule has 0 bridgehead atoms. The molecule has 0 aliphatic heterocycles. The molecule has 1 heterocycles. The predicted molar refractivity (Wildman–Crippen MR) is 224 cm³/mol. The first-order valence-electron chi connectivity index (χ1n) is 18.6. The Kier molecular flexibility index (Phi) is 6.43. The smallest absolute Gasteiger partial charge is 0.136 e. The highest BCUT2D eigenvalue weighted by Crippen LogP contribution is 2.50. The van der Waals surface area contributed by atoms with Gasteiger partial charge in [0.1, 0.15) is 11.2 Å². The van der Waals surface area contributed by atoms with E-state index in [0.29, 0.717) is 0 Å². The van der Waals surface area contributed by atoms with Crippen LogP contribution in [0.15, 0.2) is 174 Å². The number of benzene rings is 9. The summed E-state index contributed by atoms with van der Waals surface area (Å²) in [7, 11) is 0. The zero-order valence-electron chi connectivity index (χ0n) is 29.8. The van der Waals surface area contributed by atoms with E-state index in [0.717, 1.165) is 28.4 Å². The molecule has 53 heavy (non-hydrogen) atoms. The average Bonchev–Trinajstić information content (AvgIpc) is 3.70. The monoisotopic (exact) mass is 676 g/mol. The molecule has 250 valence electrons. The molecule has 1 nitrogen and oxygen atoms in total. The normalized spacial score (nSPS) is 13.3. The molecule has 0 saturated carbocycles. The summed E-state index contributed by atoms with van der Waals surface area (Å²) in [5, 5.41) is 10.0. The Labute approximate surface area is 308 Å². The van der Waals surface area contributed by atoms with Crippen molar-refractivity contribution in [2.75, 3.05) is 0 Å². The molecule has 0 unspecified atom stereocenters. The van der Waals surface area contributed by atoms with E-state index < -0.39 is 0 Å². The first-order valence-corrected chi connectivity index (χ1v) is 18.6. The summed E-state index contributed by atoms with van der Waals surface area (Å²) in [6.07, 6.45) is 0.882. The van der Waals surface area contributed by atoms with Gasteiger partial charge in [-0.3, -0.25) is 0 Å². The number of furan rings is 1. The molecule has 11 rings (SSSR count). The SMILES string of the molecule is CC1(C)c2ccccc2-c2cccc(Cc3cccc(-c4cccc5oc6ccc(-c7ccc8c9ccccc9c9ccccc9c8c7)cc6c45)c3)c21. The minimum absolute atomic E-state index is 0.0366. The molecule has 0 amide bonds. The third kappa shape index (κ3) is 4.50. The molecule has 0 fully saturated rings. The van der Waals surface area contributed by atoms with Gasteiger partial charge in [0.05, 0.1) is 0 Å². The van der Waals surface area contributed by atoms with Crippen molar-refractivity contribution < 1.29 is 4.42 Å². The summed E-state index contributed by atoms with van der Waals surface area (Å²) >= 11 is 0. The second kappa shape index (κ2) is 11.3. The van der Waals surface area contributed by atoms with Crippen molar-refractivity contribution in [2.24, 2.45) is 0 Å². The van der Waals surface area contributed by atoms with Crippen LogP contribution < -0.4 is 0 Å². The van der Waals surface area contributed by atoms with Gasteiger partial charge in [0, 0.05) is 16.2 Å². The summed E-state index contributed by atoms with van der Waals surface area (Å²) in [4.78, 5) is 0. The Balaban J connectivity index is 1.02. The number of rotatable bonds is 4. The predicted octanol–water partition coefficient (Wildman–Crippen LogP) is 14.3. The van der Waals surface area contributed by atoms with Crippen molar-refractivity contribution in [2.45, 2.75) is 25.7 Å². The molecule has 10 aromatic rings. The Morgan fingerprint density at radius 3 is 1.81 bits per heavy atom. The van der Waals surface area contributed by atoms with Gasteiger partial charge in [0.2, 0.25) is 0 Å². The van der Waals surface area contributed by atoms with Crippen molar-refractivity contribution in [1.29, 1.82) is 0 Å². The van der Waals surface area contributed by atoms with Gasteiger partial charge < -0.3 is 4.42 Å². The fourth-order valence-electron chi connectivity index (χ4n) is 9.51. The first-order chi connectivity index (χ1) is 26.0. The summed E-state index contributed by atoms with van der Waals surface area (Å²) in [5.74, 6) is 0. The fourth-order valence-corrected chi connectivity index (χ4v) is 9.51. The summed E-state index contributed by atoms with van der Waals surface area (Å²) in [5.41, 5.74) is 14.9. The molecule has 1 aliphatic rings. The summed E-state index contributed by atoms with van der Waals surface area (Å²) < 4.78 is 6.51. The Hall–Kier alpha value is -6.44. The zero-order chi connectivity index (χ0) is 35.3. The molecular formula is C52H36O. The number of hydrogen-bond donors (Lipinski definition) is 0. The van der Waals surface area contributed by atoms with Crippen molar-refractivity contribution in [1.82, 2.24) is 0 Å². The van der Waals surface area contributed by atoms with Crippen LogP contribution in [0.25, 0.3) is 87.6 Å². The third-order valence-corrected chi connectivity index (χ3v) is 11.9. The lowest BCUT2D eigenvalue weighted by Crippen LogP contribution is -2.17. The molecular weight excluding hydrogens is 641 g/mol. The van der Waals surface area contributed by atoms with Crippen LogP contribution >= 0.6 is 0 Å². The molecule has 0 spiro atoms. The van der Waals surface area contributed by atoms with Gasteiger partial charge >= 0.3 is 0 Å². The van der Waals surface area contributed by atoms with Crippen LogP contribution in [0.3, 0.4) is 0 Å². The van der Waals surface area contributed by atoms with Gasteiger partial charge in [0.15, 0.2) is 0 Å². The second-order valence-corrected chi connectivity index (χ2v) is 15.2. The second-order valence-electron chi connectivity index (χ2n) is 15.2. The molecule has 0 N–H and O–H groups in total. The van der Waals surface area contributed by atoms with Crippen LogP contribution in [-0.2, 0) is 11.8 Å². The van der Waals surface area contributed by atoms with E-state index in [4.69, 9.17) is 4.42 Å². The fraction of sp³-hybridized carbons (Fsp3) is 0.0769. The van der Waals surface area contributed by atoms with E-state index in [1.165, 1.54) is 88.0 Å². The number of fused-ring (bicyclic) bond motifs is 12. The summed E-state index contributed by atoms with van der Waals surface area (Å²) in [6, 6.07) is 62.5. The molecule has 1 aliphatic carbocycles. The maximum atomic E-state index is 6.51. The van der Waals surface area contributed by atoms with Gasteiger partial charge in [-0.05, 0) is 119 Å². The molecule has 1 aromatic heterocycles. The average molecular weight is 677 g/mol. The number of hydrogen-bond acceptors (Lipinski definition) is 1. The van der Waals surface area contributed by atoms with E-state index in [1.807, 2.05) is 0 Å². The minimum Gasteiger partial charge on any atom is -0.456 e. The van der Waals surface area contributed by atoms with Gasteiger partial charge in [-0.25, -0.2) is 0 Å². The van der Waals surface area contributed by atoms with E-state index in [2.05, 4.69) is 184 Å². The van der Waals surface area contributed by atoms with Crippen molar-refractivity contribution in [3.8, 4) is 33.4 Å². The lowest BCUT2D eigenvalue weighted by Gasteiger charge is -2.24. The van der Waals surface area contributed by atoms with Gasteiger partial charge in [-0.15, -0.1) is 0 Å². The largest absolute Gasteiger partial charge is 0.456 e. The van der Waals surface area contributed by atoms with Crippen LogP contribution in [-0.4, -0.2) is 0 Å². The highest BCUT2D eigenvalue weighted by molar-refractivity contribution is 6.26. The molecule has 0 saturated heterocycles. The topological polar surface area (TPSA) is 13.1 Å². The van der Waals surface area contributed by atoms with E-state index in [9.17, 15) is 0 Å². The van der Waals surface area contributed by atoms with E-state index in [-0.39, 0.29) is 5.41 Å². The molecule has 0 atom stereocenters. The van der Waals surface area contributed by atoms with Crippen molar-refractivity contribution in [3.63, 3.8) is 0 Å². The van der Waals surface area contributed by atoms with Crippen LogP contribution in [0.1, 0.15) is 36.1 Å². The van der Waals surface area contributed by atoms with E-state index >= 15 is 0 Å². The zero-order valence-corrected chi connectivity index (χ0v) is 29.8. The van der Waals surface area contributed by atoms with Gasteiger partial charge in [-0.2, -0.15) is 0 Å². The lowest BCUT2D eigenvalue weighted by atomic mass is 9.79. The van der Waals surface area contributed by atoms with Crippen LogP contribution in [0.5, 0.6) is 0 Å². The Morgan fingerprint density at radius 1 is 0.415 bits per heavy atom. The van der Waals surface area contributed by atoms with Crippen LogP contribution in [0.2, 0.25) is 0 Å². The molecule has 0 radical (unpaired) electrons. The highest BCUT2D eigenvalue weighted by atomic mass is 16.3. The van der Waals surface area contributed by atoms with Crippen molar-refractivity contribution in [3.05, 3.63) is 192 Å². The standard InChI is InChI=1S/C52H36O/c1-52(2)47-22-8-7-19-43(47)44-21-10-14-36(51(44)52)29-32-12-9-13-35(28-32)37-20-11-23-49-50(37)46-31-34(25-27-48(46)53-49)33-24-26-42-40-17-4-3-15-38(40)39-16-5-6-18-41(39)45(42)30-33/h3-28,30-31H,29H2,1-2H3. The third-order valence-electron chi connectivity index (χ3n) is 11.9. The minimum atomic E-state index is -0.0366. The van der Waals surface area contributed by atoms with Crippen molar-refractivity contribution >= 4 is 54.3 Å². The quantitative estimate of drug-likeness (QED) is 0.169. The summed E-state index contributed by atoms with van der Waals surface area (Å²) in [6.45, 7) is 4.75. The van der Waals surface area contributed by atoms with Gasteiger partial charge in [-0.1, -0.05) is 159 Å². The van der Waals surface area contributed by atoms with Crippen LogP contribution in [0.4, 0.5) is 0 Å². The molecule has 1 heteroatoms. The first kappa shape index (κ1) is 30.2. The maximum Gasteiger partial charge on any atom is 0.136 e. The van der Waals surface area contributed by atoms with Crippen LogP contribution in [0, 0.1) is 0 Å². The Bertz CT molecular complexity index is 3080. The Morgan fingerprint density at radius 2 is 1.02 bits per heavy atom.